The van der Waals surface area contributed by atoms with Crippen molar-refractivity contribution in [2.24, 2.45) is 16.8 Å². The standard InChI is InChI=1S/C19H37N5O.HI/c1-14(2)18(25)24-11-8-17(13-24)22-19(20-5)21-12-16(4)23-9-6-15(3)7-10-23;/h14-17H,6-13H2,1-5H3,(H2,20,21,22);1H. The smallest absolute Gasteiger partial charge is 0.225 e. The van der Waals surface area contributed by atoms with Crippen LogP contribution in [0.3, 0.4) is 0 Å². The molecule has 0 aromatic rings. The van der Waals surface area contributed by atoms with Crippen LogP contribution in [0.15, 0.2) is 4.99 Å². The molecule has 0 bridgehead atoms. The quantitative estimate of drug-likeness (QED) is 0.361. The fraction of sp³-hybridized carbons (Fsp3) is 0.895. The Morgan fingerprint density at radius 1 is 1.15 bits per heavy atom. The van der Waals surface area contributed by atoms with E-state index in [-0.39, 0.29) is 35.8 Å². The number of nitrogens with one attached hydrogen (secondary N) is 2. The minimum atomic E-state index is 0. The molecule has 26 heavy (non-hydrogen) atoms. The average Bonchev–Trinajstić information content (AvgIpc) is 3.06. The zero-order valence-electron chi connectivity index (χ0n) is 17.1. The lowest BCUT2D eigenvalue weighted by atomic mass is 9.98. The number of hydrogen-bond acceptors (Lipinski definition) is 3. The van der Waals surface area contributed by atoms with E-state index in [0.717, 1.165) is 37.9 Å². The van der Waals surface area contributed by atoms with Gasteiger partial charge >= 0.3 is 0 Å². The minimum absolute atomic E-state index is 0. The van der Waals surface area contributed by atoms with E-state index < -0.39 is 0 Å². The van der Waals surface area contributed by atoms with Crippen molar-refractivity contribution in [2.45, 2.75) is 59.0 Å². The molecule has 2 fully saturated rings. The maximum absolute atomic E-state index is 12.1. The van der Waals surface area contributed by atoms with Crippen molar-refractivity contribution in [2.75, 3.05) is 39.8 Å². The summed E-state index contributed by atoms with van der Waals surface area (Å²) in [5.41, 5.74) is 0. The van der Waals surface area contributed by atoms with Gasteiger partial charge in [0, 0.05) is 44.7 Å². The van der Waals surface area contributed by atoms with Crippen LogP contribution in [0.1, 0.15) is 47.0 Å². The average molecular weight is 479 g/mol. The van der Waals surface area contributed by atoms with Crippen molar-refractivity contribution in [1.29, 1.82) is 0 Å². The van der Waals surface area contributed by atoms with Gasteiger partial charge in [0.1, 0.15) is 0 Å². The van der Waals surface area contributed by atoms with Crippen LogP contribution in [0.2, 0.25) is 0 Å². The Balaban J connectivity index is 0.00000338. The van der Waals surface area contributed by atoms with Crippen molar-refractivity contribution in [3.05, 3.63) is 0 Å². The van der Waals surface area contributed by atoms with Crippen molar-refractivity contribution in [3.63, 3.8) is 0 Å². The third-order valence-corrected chi connectivity index (χ3v) is 5.56. The maximum atomic E-state index is 12.1. The first kappa shape index (κ1) is 23.5. The van der Waals surface area contributed by atoms with Crippen molar-refractivity contribution in [3.8, 4) is 0 Å². The number of nitrogens with zero attached hydrogens (tertiary/aromatic N) is 3. The molecule has 2 aliphatic rings. The second-order valence-corrected chi connectivity index (χ2v) is 8.09. The Morgan fingerprint density at radius 3 is 2.38 bits per heavy atom. The van der Waals surface area contributed by atoms with Gasteiger partial charge in [-0.1, -0.05) is 20.8 Å². The first-order valence-corrected chi connectivity index (χ1v) is 9.90. The van der Waals surface area contributed by atoms with E-state index in [1.54, 1.807) is 0 Å². The fourth-order valence-corrected chi connectivity index (χ4v) is 3.67. The predicted octanol–water partition coefficient (Wildman–Crippen LogP) is 2.15. The van der Waals surface area contributed by atoms with Crippen LogP contribution in [0.25, 0.3) is 0 Å². The first-order chi connectivity index (χ1) is 11.9. The van der Waals surface area contributed by atoms with Crippen LogP contribution < -0.4 is 10.6 Å². The molecule has 0 aromatic heterocycles. The Labute approximate surface area is 176 Å². The molecule has 0 saturated carbocycles. The van der Waals surface area contributed by atoms with Crippen LogP contribution in [-0.4, -0.2) is 73.5 Å². The zero-order chi connectivity index (χ0) is 18.4. The molecule has 152 valence electrons. The largest absolute Gasteiger partial charge is 0.355 e. The van der Waals surface area contributed by atoms with Gasteiger partial charge < -0.3 is 15.5 Å². The third kappa shape index (κ3) is 6.87. The van der Waals surface area contributed by atoms with Gasteiger partial charge in [0.05, 0.1) is 0 Å². The molecule has 0 radical (unpaired) electrons. The predicted molar refractivity (Wildman–Crippen MR) is 119 cm³/mol. The number of guanidine groups is 1. The number of carbonyl (C=O) groups excluding carboxylic acids is 1. The van der Waals surface area contributed by atoms with E-state index in [1.165, 1.54) is 25.9 Å². The summed E-state index contributed by atoms with van der Waals surface area (Å²) in [6, 6.07) is 0.800. The number of rotatable bonds is 5. The fourth-order valence-electron chi connectivity index (χ4n) is 3.67. The number of amides is 1. The van der Waals surface area contributed by atoms with Gasteiger partial charge in [-0.25, -0.2) is 0 Å². The van der Waals surface area contributed by atoms with E-state index in [4.69, 9.17) is 0 Å². The molecule has 6 nitrogen and oxygen atoms in total. The minimum Gasteiger partial charge on any atom is -0.355 e. The molecule has 7 heteroatoms. The molecule has 1 amide bonds. The number of aliphatic imine (C=N–C) groups is 1. The molecule has 2 rings (SSSR count). The molecule has 0 spiro atoms. The van der Waals surface area contributed by atoms with Gasteiger partial charge in [0.15, 0.2) is 5.96 Å². The van der Waals surface area contributed by atoms with E-state index in [2.05, 4.69) is 34.4 Å². The van der Waals surface area contributed by atoms with E-state index in [1.807, 2.05) is 25.8 Å². The van der Waals surface area contributed by atoms with Crippen molar-refractivity contribution < 1.29 is 4.79 Å². The highest BCUT2D eigenvalue weighted by atomic mass is 127. The van der Waals surface area contributed by atoms with Crippen LogP contribution >= 0.6 is 24.0 Å². The number of carbonyl (C=O) groups is 1. The van der Waals surface area contributed by atoms with Gasteiger partial charge in [0.25, 0.3) is 0 Å². The molecule has 2 unspecified atom stereocenters. The third-order valence-electron chi connectivity index (χ3n) is 5.56. The summed E-state index contributed by atoms with van der Waals surface area (Å²) >= 11 is 0. The number of halogens is 1. The highest BCUT2D eigenvalue weighted by molar-refractivity contribution is 14.0. The van der Waals surface area contributed by atoms with Crippen LogP contribution in [0, 0.1) is 11.8 Å². The summed E-state index contributed by atoms with van der Waals surface area (Å²) < 4.78 is 0. The molecule has 2 saturated heterocycles. The summed E-state index contributed by atoms with van der Waals surface area (Å²) in [6.45, 7) is 13.5. The van der Waals surface area contributed by atoms with Gasteiger partial charge in [-0.15, -0.1) is 24.0 Å². The second-order valence-electron chi connectivity index (χ2n) is 8.09. The van der Waals surface area contributed by atoms with E-state index in [0.29, 0.717) is 12.1 Å². The molecule has 0 aromatic carbocycles. The van der Waals surface area contributed by atoms with Gasteiger partial charge in [-0.05, 0) is 45.2 Å². The number of piperidine rings is 1. The maximum Gasteiger partial charge on any atom is 0.225 e. The summed E-state index contributed by atoms with van der Waals surface area (Å²) in [5.74, 6) is 2.04. The summed E-state index contributed by atoms with van der Waals surface area (Å²) in [5, 5.41) is 6.95. The van der Waals surface area contributed by atoms with E-state index in [9.17, 15) is 4.79 Å². The van der Waals surface area contributed by atoms with Gasteiger partial charge in [-0.3, -0.25) is 14.7 Å². The number of likely N-dealkylation sites (tertiary alicyclic amines) is 2. The zero-order valence-corrected chi connectivity index (χ0v) is 19.5. The first-order valence-electron chi connectivity index (χ1n) is 9.90. The highest BCUT2D eigenvalue weighted by Crippen LogP contribution is 2.17. The highest BCUT2D eigenvalue weighted by Gasteiger charge is 2.28. The SMILES string of the molecule is CN=C(NCC(C)N1CCC(C)CC1)NC1CCN(C(=O)C(C)C)C1.I. The van der Waals surface area contributed by atoms with Gasteiger partial charge in [-0.2, -0.15) is 0 Å². The topological polar surface area (TPSA) is 60.0 Å². The molecule has 2 atom stereocenters. The van der Waals surface area contributed by atoms with Gasteiger partial charge in [0.2, 0.25) is 5.91 Å². The molecule has 2 N–H and O–H groups in total. The monoisotopic (exact) mass is 479 g/mol. The lowest BCUT2D eigenvalue weighted by Crippen LogP contribution is -2.50. The Bertz CT molecular complexity index is 463. The lowest BCUT2D eigenvalue weighted by molar-refractivity contribution is -0.133. The summed E-state index contributed by atoms with van der Waals surface area (Å²) in [4.78, 5) is 21.0. The normalized spacial score (nSPS) is 23.7. The Hall–Kier alpha value is -0.570. The molecule has 2 heterocycles. The Morgan fingerprint density at radius 2 is 1.81 bits per heavy atom. The van der Waals surface area contributed by atoms with Crippen LogP contribution in [-0.2, 0) is 4.79 Å². The summed E-state index contributed by atoms with van der Waals surface area (Å²) in [6.07, 6.45) is 3.59. The van der Waals surface area contributed by atoms with Crippen molar-refractivity contribution >= 4 is 35.8 Å². The second kappa shape index (κ2) is 11.3. The van der Waals surface area contributed by atoms with Crippen LogP contribution in [0.5, 0.6) is 0 Å². The van der Waals surface area contributed by atoms with Crippen LogP contribution in [0.4, 0.5) is 0 Å². The van der Waals surface area contributed by atoms with E-state index >= 15 is 0 Å². The van der Waals surface area contributed by atoms with Crippen molar-refractivity contribution in [1.82, 2.24) is 20.4 Å². The molecular formula is C19H38IN5O. The molecule has 2 aliphatic heterocycles. The lowest BCUT2D eigenvalue weighted by Gasteiger charge is -2.35. The number of hydrogen-bond donors (Lipinski definition) is 2. The molecular weight excluding hydrogens is 441 g/mol. The summed E-state index contributed by atoms with van der Waals surface area (Å²) in [7, 11) is 1.81. The molecule has 0 aliphatic carbocycles. The Kier molecular flexibility index (Phi) is 10.2.